The summed E-state index contributed by atoms with van der Waals surface area (Å²) in [6.07, 6.45) is 1.96. The van der Waals surface area contributed by atoms with Crippen LogP contribution < -0.4 is 15.8 Å². The van der Waals surface area contributed by atoms with Gasteiger partial charge in [0, 0.05) is 31.8 Å². The minimum atomic E-state index is -3.58. The normalized spacial score (nSPS) is 11.2. The molecule has 0 aliphatic heterocycles. The molecule has 106 valence electrons. The van der Waals surface area contributed by atoms with Crippen LogP contribution in [0.25, 0.3) is 0 Å². The number of amides is 1. The van der Waals surface area contributed by atoms with Gasteiger partial charge in [0.2, 0.25) is 15.9 Å². The second-order valence-electron chi connectivity index (χ2n) is 3.87. The summed E-state index contributed by atoms with van der Waals surface area (Å²) in [6, 6.07) is 2.87. The Balaban J connectivity index is 2.66. The van der Waals surface area contributed by atoms with Crippen molar-refractivity contribution in [1.29, 1.82) is 0 Å². The largest absolute Gasteiger partial charge is 0.370 e. The van der Waals surface area contributed by atoms with Gasteiger partial charge >= 0.3 is 0 Å². The Bertz CT molecular complexity index is 530. The molecule has 0 spiro atoms. The molecule has 0 aliphatic carbocycles. The fraction of sp³-hybridized carbons (Fsp3) is 0.455. The van der Waals surface area contributed by atoms with E-state index < -0.39 is 15.9 Å². The van der Waals surface area contributed by atoms with Crippen molar-refractivity contribution in [2.24, 2.45) is 5.73 Å². The van der Waals surface area contributed by atoms with Gasteiger partial charge in [-0.05, 0) is 19.4 Å². The summed E-state index contributed by atoms with van der Waals surface area (Å²) in [5.41, 5.74) is 4.97. The molecular weight excluding hydrogens is 268 g/mol. The van der Waals surface area contributed by atoms with Crippen LogP contribution in [0.3, 0.4) is 0 Å². The Morgan fingerprint density at radius 2 is 2.21 bits per heavy atom. The first-order valence-corrected chi connectivity index (χ1v) is 7.42. The van der Waals surface area contributed by atoms with Crippen LogP contribution in [0.1, 0.15) is 19.8 Å². The molecule has 0 bridgehead atoms. The van der Waals surface area contributed by atoms with Crippen molar-refractivity contribution in [2.45, 2.75) is 24.7 Å². The molecule has 0 radical (unpaired) electrons. The van der Waals surface area contributed by atoms with Gasteiger partial charge in [-0.2, -0.15) is 0 Å². The molecule has 1 aromatic heterocycles. The number of rotatable bonds is 8. The SMILES string of the molecule is CCNc1cc(S(=O)(=O)NCCCC(N)=O)ccn1. The summed E-state index contributed by atoms with van der Waals surface area (Å²) in [5.74, 6) is 0.0556. The standard InChI is InChI=1S/C11H18N4O3S/c1-2-13-11-8-9(5-7-14-11)19(17,18)15-6-3-4-10(12)16/h5,7-8,15H,2-4,6H2,1H3,(H2,12,16)(H,13,14). The summed E-state index contributed by atoms with van der Waals surface area (Å²) in [4.78, 5) is 14.7. The van der Waals surface area contributed by atoms with Crippen LogP contribution >= 0.6 is 0 Å². The lowest BCUT2D eigenvalue weighted by molar-refractivity contribution is -0.118. The van der Waals surface area contributed by atoms with E-state index in [0.717, 1.165) is 0 Å². The van der Waals surface area contributed by atoms with Gasteiger partial charge in [0.25, 0.3) is 0 Å². The highest BCUT2D eigenvalue weighted by Crippen LogP contribution is 2.12. The van der Waals surface area contributed by atoms with E-state index in [4.69, 9.17) is 5.73 Å². The van der Waals surface area contributed by atoms with Gasteiger partial charge < -0.3 is 11.1 Å². The van der Waals surface area contributed by atoms with Crippen LogP contribution in [0.15, 0.2) is 23.2 Å². The molecule has 19 heavy (non-hydrogen) atoms. The molecule has 0 unspecified atom stereocenters. The number of nitrogens with two attached hydrogens (primary N) is 1. The Hall–Kier alpha value is -1.67. The number of anilines is 1. The molecule has 0 aromatic carbocycles. The molecule has 0 saturated heterocycles. The van der Waals surface area contributed by atoms with E-state index in [0.29, 0.717) is 18.8 Å². The predicted octanol–water partition coefficient (Wildman–Crippen LogP) is 0.0572. The second-order valence-corrected chi connectivity index (χ2v) is 5.64. The zero-order chi connectivity index (χ0) is 14.3. The third-order valence-corrected chi connectivity index (χ3v) is 3.75. The Morgan fingerprint density at radius 3 is 2.84 bits per heavy atom. The second kappa shape index (κ2) is 7.05. The topological polar surface area (TPSA) is 114 Å². The van der Waals surface area contributed by atoms with Crippen molar-refractivity contribution < 1.29 is 13.2 Å². The minimum Gasteiger partial charge on any atom is -0.370 e. The van der Waals surface area contributed by atoms with E-state index in [1.54, 1.807) is 0 Å². The van der Waals surface area contributed by atoms with Crippen molar-refractivity contribution in [1.82, 2.24) is 9.71 Å². The average molecular weight is 286 g/mol. The van der Waals surface area contributed by atoms with Crippen LogP contribution in [0.5, 0.6) is 0 Å². The van der Waals surface area contributed by atoms with Crippen LogP contribution in [-0.2, 0) is 14.8 Å². The van der Waals surface area contributed by atoms with E-state index >= 15 is 0 Å². The summed E-state index contributed by atoms with van der Waals surface area (Å²) >= 11 is 0. The van der Waals surface area contributed by atoms with Gasteiger partial charge in [0.05, 0.1) is 4.90 Å². The van der Waals surface area contributed by atoms with Gasteiger partial charge in [-0.1, -0.05) is 0 Å². The third-order valence-electron chi connectivity index (χ3n) is 2.29. The van der Waals surface area contributed by atoms with Gasteiger partial charge in [0.15, 0.2) is 0 Å². The van der Waals surface area contributed by atoms with Crippen LogP contribution in [-0.4, -0.2) is 32.4 Å². The number of carbonyl (C=O) groups is 1. The first kappa shape index (κ1) is 15.4. The van der Waals surface area contributed by atoms with Gasteiger partial charge in [-0.3, -0.25) is 4.79 Å². The quantitative estimate of drug-likeness (QED) is 0.584. The number of sulfonamides is 1. The van der Waals surface area contributed by atoms with Crippen molar-refractivity contribution in [3.63, 3.8) is 0 Å². The maximum absolute atomic E-state index is 12.0. The van der Waals surface area contributed by atoms with Crippen LogP contribution in [0, 0.1) is 0 Å². The lowest BCUT2D eigenvalue weighted by Crippen LogP contribution is -2.26. The first-order valence-electron chi connectivity index (χ1n) is 5.93. The van der Waals surface area contributed by atoms with Gasteiger partial charge in [0.1, 0.15) is 5.82 Å². The maximum Gasteiger partial charge on any atom is 0.240 e. The monoisotopic (exact) mass is 286 g/mol. The number of aromatic nitrogens is 1. The van der Waals surface area contributed by atoms with Crippen LogP contribution in [0.4, 0.5) is 5.82 Å². The van der Waals surface area contributed by atoms with Crippen molar-refractivity contribution in [3.05, 3.63) is 18.3 Å². The van der Waals surface area contributed by atoms with Crippen molar-refractivity contribution >= 4 is 21.7 Å². The molecule has 0 saturated carbocycles. The number of hydrogen-bond donors (Lipinski definition) is 3. The zero-order valence-corrected chi connectivity index (χ0v) is 11.5. The van der Waals surface area contributed by atoms with Gasteiger partial charge in [-0.15, -0.1) is 0 Å². The summed E-state index contributed by atoms with van der Waals surface area (Å²) < 4.78 is 26.3. The predicted molar refractivity (Wildman–Crippen MR) is 72.0 cm³/mol. The third kappa shape index (κ3) is 5.23. The molecule has 1 rings (SSSR count). The zero-order valence-electron chi connectivity index (χ0n) is 10.7. The number of hydrogen-bond acceptors (Lipinski definition) is 5. The maximum atomic E-state index is 12.0. The molecule has 0 fully saturated rings. The van der Waals surface area contributed by atoms with E-state index in [2.05, 4.69) is 15.0 Å². The summed E-state index contributed by atoms with van der Waals surface area (Å²) in [7, 11) is -3.58. The number of nitrogens with one attached hydrogen (secondary N) is 2. The first-order chi connectivity index (χ1) is 8.95. The van der Waals surface area contributed by atoms with Crippen LogP contribution in [0.2, 0.25) is 0 Å². The molecule has 1 heterocycles. The molecule has 1 amide bonds. The number of pyridine rings is 1. The Labute approximate surface area is 112 Å². The molecule has 0 aliphatic rings. The van der Waals surface area contributed by atoms with Crippen molar-refractivity contribution in [3.8, 4) is 0 Å². The molecule has 0 atom stereocenters. The molecule has 4 N–H and O–H groups in total. The summed E-state index contributed by atoms with van der Waals surface area (Å²) in [5, 5.41) is 2.94. The molecular formula is C11H18N4O3S. The molecule has 7 nitrogen and oxygen atoms in total. The number of carbonyl (C=O) groups excluding carboxylic acids is 1. The van der Waals surface area contributed by atoms with E-state index in [-0.39, 0.29) is 17.9 Å². The lowest BCUT2D eigenvalue weighted by atomic mass is 10.3. The number of nitrogens with zero attached hydrogens (tertiary/aromatic N) is 1. The fourth-order valence-electron chi connectivity index (χ4n) is 1.41. The Kier molecular flexibility index (Phi) is 5.71. The minimum absolute atomic E-state index is 0.137. The number of primary amides is 1. The van der Waals surface area contributed by atoms with E-state index in [9.17, 15) is 13.2 Å². The average Bonchev–Trinajstić information content (AvgIpc) is 2.35. The summed E-state index contributed by atoms with van der Waals surface area (Å²) in [6.45, 7) is 2.72. The molecule has 8 heteroatoms. The molecule has 1 aromatic rings. The highest BCUT2D eigenvalue weighted by Gasteiger charge is 2.14. The lowest BCUT2D eigenvalue weighted by Gasteiger charge is -2.08. The Morgan fingerprint density at radius 1 is 1.47 bits per heavy atom. The highest BCUT2D eigenvalue weighted by molar-refractivity contribution is 7.89. The fourth-order valence-corrected chi connectivity index (χ4v) is 2.50. The van der Waals surface area contributed by atoms with E-state index in [1.165, 1.54) is 18.3 Å². The highest BCUT2D eigenvalue weighted by atomic mass is 32.2. The van der Waals surface area contributed by atoms with Gasteiger partial charge in [-0.25, -0.2) is 18.1 Å². The smallest absolute Gasteiger partial charge is 0.240 e. The van der Waals surface area contributed by atoms with Crippen molar-refractivity contribution in [2.75, 3.05) is 18.4 Å². The van der Waals surface area contributed by atoms with E-state index in [1.807, 2.05) is 6.92 Å².